The Labute approximate surface area is 150 Å². The SMILES string of the molecule is CC1CC(C)CN(CC(C)Nc2cc(N3CCSCC3)ncn2)C1. The molecule has 0 aliphatic carbocycles. The van der Waals surface area contributed by atoms with E-state index in [4.69, 9.17) is 0 Å². The number of piperidine rings is 1. The van der Waals surface area contributed by atoms with Gasteiger partial charge in [0.15, 0.2) is 0 Å². The third-order valence-electron chi connectivity index (χ3n) is 4.86. The Hall–Kier alpha value is -1.01. The summed E-state index contributed by atoms with van der Waals surface area (Å²) in [7, 11) is 0. The Balaban J connectivity index is 1.55. The summed E-state index contributed by atoms with van der Waals surface area (Å²) in [5.74, 6) is 6.00. The predicted octanol–water partition coefficient (Wildman–Crippen LogP) is 2.81. The smallest absolute Gasteiger partial charge is 0.134 e. The minimum atomic E-state index is 0.391. The summed E-state index contributed by atoms with van der Waals surface area (Å²) >= 11 is 2.02. The van der Waals surface area contributed by atoms with Crippen LogP contribution in [0.15, 0.2) is 12.4 Å². The highest BCUT2D eigenvalue weighted by atomic mass is 32.2. The minimum Gasteiger partial charge on any atom is -0.366 e. The van der Waals surface area contributed by atoms with Crippen molar-refractivity contribution in [1.82, 2.24) is 14.9 Å². The molecule has 1 aromatic heterocycles. The third-order valence-corrected chi connectivity index (χ3v) is 5.80. The fourth-order valence-corrected chi connectivity index (χ4v) is 4.92. The van der Waals surface area contributed by atoms with E-state index >= 15 is 0 Å². The van der Waals surface area contributed by atoms with E-state index in [9.17, 15) is 0 Å². The molecule has 5 nitrogen and oxygen atoms in total. The number of anilines is 2. The van der Waals surface area contributed by atoms with E-state index in [0.717, 1.165) is 43.1 Å². The molecule has 3 heterocycles. The van der Waals surface area contributed by atoms with Crippen LogP contribution in [0.1, 0.15) is 27.2 Å². The summed E-state index contributed by atoms with van der Waals surface area (Å²) in [6, 6.07) is 2.50. The summed E-state index contributed by atoms with van der Waals surface area (Å²) in [6.45, 7) is 12.7. The summed E-state index contributed by atoms with van der Waals surface area (Å²) in [6.07, 6.45) is 3.05. The largest absolute Gasteiger partial charge is 0.366 e. The maximum absolute atomic E-state index is 4.46. The van der Waals surface area contributed by atoms with Gasteiger partial charge in [0, 0.05) is 56.3 Å². The Morgan fingerprint density at radius 3 is 2.62 bits per heavy atom. The van der Waals surface area contributed by atoms with Crippen LogP contribution in [-0.4, -0.2) is 65.1 Å². The zero-order valence-electron chi connectivity index (χ0n) is 15.2. The zero-order valence-corrected chi connectivity index (χ0v) is 16.1. The van der Waals surface area contributed by atoms with Crippen molar-refractivity contribution in [3.05, 3.63) is 12.4 Å². The number of aromatic nitrogens is 2. The van der Waals surface area contributed by atoms with Crippen molar-refractivity contribution in [3.8, 4) is 0 Å². The summed E-state index contributed by atoms with van der Waals surface area (Å²) in [5.41, 5.74) is 0. The molecule has 2 fully saturated rings. The normalized spacial score (nSPS) is 27.0. The summed E-state index contributed by atoms with van der Waals surface area (Å²) in [5, 5.41) is 3.57. The first-order chi connectivity index (χ1) is 11.6. The minimum absolute atomic E-state index is 0.391. The number of rotatable bonds is 5. The third kappa shape index (κ3) is 4.99. The highest BCUT2D eigenvalue weighted by Gasteiger charge is 2.23. The molecule has 2 saturated heterocycles. The molecule has 2 aliphatic rings. The monoisotopic (exact) mass is 349 g/mol. The molecule has 1 aromatic rings. The average Bonchev–Trinajstić information content (AvgIpc) is 2.55. The van der Waals surface area contributed by atoms with Gasteiger partial charge in [-0.15, -0.1) is 0 Å². The summed E-state index contributed by atoms with van der Waals surface area (Å²) in [4.78, 5) is 13.8. The van der Waals surface area contributed by atoms with Crippen molar-refractivity contribution in [3.63, 3.8) is 0 Å². The molecule has 3 rings (SSSR count). The molecule has 0 bridgehead atoms. The zero-order chi connectivity index (χ0) is 16.9. The van der Waals surface area contributed by atoms with Gasteiger partial charge in [-0.25, -0.2) is 9.97 Å². The first-order valence-corrected chi connectivity index (χ1v) is 10.4. The van der Waals surface area contributed by atoms with E-state index in [1.807, 2.05) is 11.8 Å². The van der Waals surface area contributed by atoms with Crippen molar-refractivity contribution in [1.29, 1.82) is 0 Å². The van der Waals surface area contributed by atoms with Crippen LogP contribution in [0.25, 0.3) is 0 Å². The van der Waals surface area contributed by atoms with Gasteiger partial charge in [-0.3, -0.25) is 0 Å². The first kappa shape index (κ1) is 17.8. The number of thioether (sulfide) groups is 1. The highest BCUT2D eigenvalue weighted by molar-refractivity contribution is 7.99. The van der Waals surface area contributed by atoms with Crippen LogP contribution in [-0.2, 0) is 0 Å². The van der Waals surface area contributed by atoms with E-state index in [1.165, 1.54) is 31.0 Å². The lowest BCUT2D eigenvalue weighted by atomic mass is 9.92. The predicted molar refractivity (Wildman–Crippen MR) is 104 cm³/mol. The summed E-state index contributed by atoms with van der Waals surface area (Å²) < 4.78 is 0. The van der Waals surface area contributed by atoms with E-state index in [1.54, 1.807) is 6.33 Å². The lowest BCUT2D eigenvalue weighted by Gasteiger charge is -2.36. The van der Waals surface area contributed by atoms with Crippen LogP contribution in [0.5, 0.6) is 0 Å². The van der Waals surface area contributed by atoms with Crippen LogP contribution >= 0.6 is 11.8 Å². The highest BCUT2D eigenvalue weighted by Crippen LogP contribution is 2.22. The molecular formula is C18H31N5S. The molecule has 134 valence electrons. The van der Waals surface area contributed by atoms with Gasteiger partial charge in [-0.1, -0.05) is 13.8 Å². The van der Waals surface area contributed by atoms with E-state index < -0.39 is 0 Å². The Kier molecular flexibility index (Phi) is 6.22. The maximum atomic E-state index is 4.46. The fraction of sp³-hybridized carbons (Fsp3) is 0.778. The molecule has 1 N–H and O–H groups in total. The maximum Gasteiger partial charge on any atom is 0.134 e. The van der Waals surface area contributed by atoms with Crippen molar-refractivity contribution in [2.24, 2.45) is 11.8 Å². The van der Waals surface area contributed by atoms with Gasteiger partial charge in [0.05, 0.1) is 0 Å². The van der Waals surface area contributed by atoms with Crippen molar-refractivity contribution in [2.75, 3.05) is 54.4 Å². The standard InChI is InChI=1S/C18H31N5S/c1-14-8-15(2)11-22(10-14)12-16(3)21-17-9-18(20-13-19-17)23-4-6-24-7-5-23/h9,13-16H,4-8,10-12H2,1-3H3,(H,19,20,21). The molecule has 0 spiro atoms. The second-order valence-corrected chi connectivity index (χ2v) is 8.80. The van der Waals surface area contributed by atoms with Gasteiger partial charge in [0.2, 0.25) is 0 Å². The molecule has 0 saturated carbocycles. The quantitative estimate of drug-likeness (QED) is 0.882. The van der Waals surface area contributed by atoms with E-state index in [2.05, 4.69) is 51.9 Å². The van der Waals surface area contributed by atoms with Crippen LogP contribution in [0.2, 0.25) is 0 Å². The second kappa shape index (κ2) is 8.39. The lowest BCUT2D eigenvalue weighted by Crippen LogP contribution is -2.43. The second-order valence-electron chi connectivity index (χ2n) is 7.57. The van der Waals surface area contributed by atoms with Crippen LogP contribution < -0.4 is 10.2 Å². The van der Waals surface area contributed by atoms with Gasteiger partial charge in [0.1, 0.15) is 18.0 Å². The first-order valence-electron chi connectivity index (χ1n) is 9.24. The molecule has 3 atom stereocenters. The van der Waals surface area contributed by atoms with Gasteiger partial charge in [-0.05, 0) is 25.2 Å². The molecule has 6 heteroatoms. The number of hydrogen-bond acceptors (Lipinski definition) is 6. The van der Waals surface area contributed by atoms with Gasteiger partial charge >= 0.3 is 0 Å². The van der Waals surface area contributed by atoms with Gasteiger partial charge in [0.25, 0.3) is 0 Å². The molecular weight excluding hydrogens is 318 g/mol. The average molecular weight is 350 g/mol. The van der Waals surface area contributed by atoms with Crippen molar-refractivity contribution < 1.29 is 0 Å². The van der Waals surface area contributed by atoms with Crippen LogP contribution in [0.3, 0.4) is 0 Å². The van der Waals surface area contributed by atoms with Gasteiger partial charge in [-0.2, -0.15) is 11.8 Å². The number of likely N-dealkylation sites (tertiary alicyclic amines) is 1. The Morgan fingerprint density at radius 2 is 1.92 bits per heavy atom. The molecule has 3 unspecified atom stereocenters. The lowest BCUT2D eigenvalue weighted by molar-refractivity contribution is 0.138. The van der Waals surface area contributed by atoms with E-state index in [-0.39, 0.29) is 0 Å². The molecule has 24 heavy (non-hydrogen) atoms. The number of nitrogens with zero attached hydrogens (tertiary/aromatic N) is 4. The number of hydrogen-bond donors (Lipinski definition) is 1. The van der Waals surface area contributed by atoms with Crippen molar-refractivity contribution in [2.45, 2.75) is 33.2 Å². The van der Waals surface area contributed by atoms with Crippen LogP contribution in [0, 0.1) is 11.8 Å². The van der Waals surface area contributed by atoms with Crippen LogP contribution in [0.4, 0.5) is 11.6 Å². The van der Waals surface area contributed by atoms with E-state index in [0.29, 0.717) is 6.04 Å². The van der Waals surface area contributed by atoms with Crippen molar-refractivity contribution >= 4 is 23.4 Å². The Bertz CT molecular complexity index is 510. The number of nitrogens with one attached hydrogen (secondary N) is 1. The topological polar surface area (TPSA) is 44.3 Å². The Morgan fingerprint density at radius 1 is 1.21 bits per heavy atom. The fourth-order valence-electron chi connectivity index (χ4n) is 4.02. The molecule has 0 radical (unpaired) electrons. The van der Waals surface area contributed by atoms with Gasteiger partial charge < -0.3 is 15.1 Å². The molecule has 0 aromatic carbocycles. The molecule has 2 aliphatic heterocycles. The molecule has 0 amide bonds.